The van der Waals surface area contributed by atoms with E-state index in [1.165, 1.54) is 6.20 Å². The Balaban J connectivity index is 1.83. The lowest BCUT2D eigenvalue weighted by molar-refractivity contribution is 0.0897. The van der Waals surface area contributed by atoms with Gasteiger partial charge < -0.3 is 10.1 Å². The predicted molar refractivity (Wildman–Crippen MR) is 94.3 cm³/mol. The summed E-state index contributed by atoms with van der Waals surface area (Å²) < 4.78 is 6.91. The number of hydrogen-bond acceptors (Lipinski definition) is 4. The van der Waals surface area contributed by atoms with Gasteiger partial charge in [0.1, 0.15) is 0 Å². The average molecular weight is 360 g/mol. The molecule has 1 amide bonds. The molecule has 7 nitrogen and oxygen atoms in total. The van der Waals surface area contributed by atoms with Crippen LogP contribution in [0.1, 0.15) is 22.0 Å². The number of halogens is 1. The van der Waals surface area contributed by atoms with Gasteiger partial charge in [-0.25, -0.2) is 0 Å². The minimum Gasteiger partial charge on any atom is -0.382 e. The van der Waals surface area contributed by atoms with Crippen LogP contribution in [-0.4, -0.2) is 39.6 Å². The summed E-state index contributed by atoms with van der Waals surface area (Å²) in [6.45, 7) is 0.339. The standard InChI is InChI=1S/C17H18ClN5O2/c1-23-9-12(7-20-23)15(10-25-2)21-17(24)14-8-19-22-16(14)11-3-5-13(18)6-4-11/h3-9,15H,10H2,1-2H3,(H,19,22)(H,21,24). The maximum absolute atomic E-state index is 12.8. The molecule has 1 aromatic carbocycles. The number of aromatic nitrogens is 4. The highest BCUT2D eigenvalue weighted by atomic mass is 35.5. The van der Waals surface area contributed by atoms with Crippen molar-refractivity contribution in [1.82, 2.24) is 25.3 Å². The number of hydrogen-bond donors (Lipinski definition) is 2. The zero-order valence-electron chi connectivity index (χ0n) is 13.9. The highest BCUT2D eigenvalue weighted by Gasteiger charge is 2.21. The molecule has 2 aromatic heterocycles. The molecule has 2 N–H and O–H groups in total. The normalized spacial score (nSPS) is 12.1. The van der Waals surface area contributed by atoms with E-state index in [4.69, 9.17) is 16.3 Å². The summed E-state index contributed by atoms with van der Waals surface area (Å²) >= 11 is 5.92. The van der Waals surface area contributed by atoms with Crippen LogP contribution in [0.25, 0.3) is 11.3 Å². The van der Waals surface area contributed by atoms with E-state index in [9.17, 15) is 4.79 Å². The molecule has 2 heterocycles. The number of aryl methyl sites for hydroxylation is 1. The molecule has 0 aliphatic carbocycles. The molecule has 3 rings (SSSR count). The highest BCUT2D eigenvalue weighted by molar-refractivity contribution is 6.30. The Labute approximate surface area is 150 Å². The maximum atomic E-state index is 12.8. The van der Waals surface area contributed by atoms with E-state index < -0.39 is 0 Å². The van der Waals surface area contributed by atoms with Gasteiger partial charge in [0.25, 0.3) is 5.91 Å². The summed E-state index contributed by atoms with van der Waals surface area (Å²) in [5, 5.41) is 14.6. The number of rotatable bonds is 6. The van der Waals surface area contributed by atoms with Gasteiger partial charge in [-0.05, 0) is 12.1 Å². The van der Waals surface area contributed by atoms with E-state index in [1.807, 2.05) is 25.4 Å². The largest absolute Gasteiger partial charge is 0.382 e. The van der Waals surface area contributed by atoms with Gasteiger partial charge in [-0.3, -0.25) is 14.6 Å². The number of aromatic amines is 1. The van der Waals surface area contributed by atoms with E-state index in [-0.39, 0.29) is 11.9 Å². The van der Waals surface area contributed by atoms with Gasteiger partial charge in [0.2, 0.25) is 0 Å². The average Bonchev–Trinajstić information content (AvgIpc) is 3.24. The van der Waals surface area contributed by atoms with E-state index in [0.29, 0.717) is 22.9 Å². The summed E-state index contributed by atoms with van der Waals surface area (Å²) in [6, 6.07) is 6.89. The molecule has 0 radical (unpaired) electrons. The number of carbonyl (C=O) groups excluding carboxylic acids is 1. The van der Waals surface area contributed by atoms with Gasteiger partial charge in [-0.15, -0.1) is 0 Å². The molecule has 0 fully saturated rings. The zero-order chi connectivity index (χ0) is 17.8. The molecule has 0 saturated carbocycles. The van der Waals surface area contributed by atoms with Crippen molar-refractivity contribution in [2.24, 2.45) is 7.05 Å². The number of amides is 1. The highest BCUT2D eigenvalue weighted by Crippen LogP contribution is 2.23. The van der Waals surface area contributed by atoms with Crippen molar-refractivity contribution in [1.29, 1.82) is 0 Å². The number of methoxy groups -OCH3 is 1. The predicted octanol–water partition coefficient (Wildman–Crippen LogP) is 2.58. The van der Waals surface area contributed by atoms with Crippen molar-refractivity contribution < 1.29 is 9.53 Å². The van der Waals surface area contributed by atoms with Crippen LogP contribution in [0, 0.1) is 0 Å². The number of nitrogens with zero attached hydrogens (tertiary/aromatic N) is 3. The molecule has 8 heteroatoms. The lowest BCUT2D eigenvalue weighted by Crippen LogP contribution is -2.31. The van der Waals surface area contributed by atoms with Crippen LogP contribution >= 0.6 is 11.6 Å². The van der Waals surface area contributed by atoms with Gasteiger partial charge in [-0.1, -0.05) is 23.7 Å². The fourth-order valence-electron chi connectivity index (χ4n) is 2.54. The van der Waals surface area contributed by atoms with Gasteiger partial charge in [0.15, 0.2) is 0 Å². The fourth-order valence-corrected chi connectivity index (χ4v) is 2.66. The Kier molecular flexibility index (Phi) is 5.16. The van der Waals surface area contributed by atoms with Crippen LogP contribution in [0.15, 0.2) is 42.9 Å². The van der Waals surface area contributed by atoms with Crippen LogP contribution in [0.5, 0.6) is 0 Å². The molecule has 0 bridgehead atoms. The minimum atomic E-state index is -0.306. The topological polar surface area (TPSA) is 84.8 Å². The zero-order valence-corrected chi connectivity index (χ0v) is 14.6. The van der Waals surface area contributed by atoms with Crippen molar-refractivity contribution in [3.05, 3.63) is 59.0 Å². The maximum Gasteiger partial charge on any atom is 0.255 e. The first-order valence-corrected chi connectivity index (χ1v) is 8.04. The van der Waals surface area contributed by atoms with E-state index >= 15 is 0 Å². The van der Waals surface area contributed by atoms with Crippen molar-refractivity contribution in [3.8, 4) is 11.3 Å². The summed E-state index contributed by atoms with van der Waals surface area (Å²) in [5.41, 5.74) is 2.79. The number of nitrogens with one attached hydrogen (secondary N) is 2. The Hall–Kier alpha value is -2.64. The Morgan fingerprint density at radius 1 is 1.36 bits per heavy atom. The van der Waals surface area contributed by atoms with Gasteiger partial charge in [0.05, 0.1) is 36.3 Å². The third-order valence-corrected chi connectivity index (χ3v) is 4.03. The lowest BCUT2D eigenvalue weighted by atomic mass is 10.1. The van der Waals surface area contributed by atoms with Crippen molar-refractivity contribution in [2.75, 3.05) is 13.7 Å². The molecule has 130 valence electrons. The van der Waals surface area contributed by atoms with Gasteiger partial charge in [0, 0.05) is 36.5 Å². The van der Waals surface area contributed by atoms with Crippen LogP contribution in [-0.2, 0) is 11.8 Å². The number of H-pyrrole nitrogens is 1. The first-order valence-electron chi connectivity index (χ1n) is 7.66. The number of ether oxygens (including phenoxy) is 1. The monoisotopic (exact) mass is 359 g/mol. The fraction of sp³-hybridized carbons (Fsp3) is 0.235. The van der Waals surface area contributed by atoms with Crippen molar-refractivity contribution in [2.45, 2.75) is 6.04 Å². The molecule has 0 aliphatic heterocycles. The van der Waals surface area contributed by atoms with Crippen molar-refractivity contribution >= 4 is 17.5 Å². The molecule has 0 spiro atoms. The third-order valence-electron chi connectivity index (χ3n) is 3.78. The first kappa shape index (κ1) is 17.2. The summed E-state index contributed by atoms with van der Waals surface area (Å²) in [7, 11) is 3.41. The molecule has 0 saturated heterocycles. The summed E-state index contributed by atoms with van der Waals surface area (Å²) in [6.07, 6.45) is 5.06. The second-order valence-electron chi connectivity index (χ2n) is 5.59. The summed E-state index contributed by atoms with van der Waals surface area (Å²) in [4.78, 5) is 12.8. The number of carbonyl (C=O) groups is 1. The molecular weight excluding hydrogens is 342 g/mol. The van der Waals surface area contributed by atoms with Crippen LogP contribution in [0.2, 0.25) is 5.02 Å². The molecule has 1 atom stereocenters. The van der Waals surface area contributed by atoms with Crippen LogP contribution in [0.3, 0.4) is 0 Å². The Bertz CT molecular complexity index is 856. The lowest BCUT2D eigenvalue weighted by Gasteiger charge is -2.16. The first-order chi connectivity index (χ1) is 12.1. The van der Waals surface area contributed by atoms with Gasteiger partial charge >= 0.3 is 0 Å². The van der Waals surface area contributed by atoms with E-state index in [1.54, 1.807) is 30.1 Å². The molecule has 25 heavy (non-hydrogen) atoms. The second kappa shape index (κ2) is 7.50. The van der Waals surface area contributed by atoms with Crippen LogP contribution < -0.4 is 5.32 Å². The van der Waals surface area contributed by atoms with E-state index in [0.717, 1.165) is 11.1 Å². The van der Waals surface area contributed by atoms with Crippen LogP contribution in [0.4, 0.5) is 0 Å². The Morgan fingerprint density at radius 3 is 2.76 bits per heavy atom. The molecule has 1 unspecified atom stereocenters. The van der Waals surface area contributed by atoms with E-state index in [2.05, 4.69) is 20.6 Å². The van der Waals surface area contributed by atoms with Crippen molar-refractivity contribution in [3.63, 3.8) is 0 Å². The molecular formula is C17H18ClN5O2. The van der Waals surface area contributed by atoms with Gasteiger partial charge in [-0.2, -0.15) is 10.2 Å². The second-order valence-corrected chi connectivity index (χ2v) is 6.03. The quantitative estimate of drug-likeness (QED) is 0.708. The third kappa shape index (κ3) is 3.89. The SMILES string of the molecule is COCC(NC(=O)c1cn[nH]c1-c1ccc(Cl)cc1)c1cnn(C)c1. The Morgan fingerprint density at radius 2 is 2.12 bits per heavy atom. The minimum absolute atomic E-state index is 0.246. The smallest absolute Gasteiger partial charge is 0.255 e. The summed E-state index contributed by atoms with van der Waals surface area (Å²) in [5.74, 6) is -0.246. The number of benzene rings is 1. The molecule has 0 aliphatic rings. The molecule has 3 aromatic rings.